The lowest BCUT2D eigenvalue weighted by Gasteiger charge is -2.10. The Morgan fingerprint density at radius 3 is 2.84 bits per heavy atom. The molecule has 0 atom stereocenters. The molecule has 0 saturated heterocycles. The summed E-state index contributed by atoms with van der Waals surface area (Å²) in [6, 6.07) is 9.32. The van der Waals surface area contributed by atoms with Gasteiger partial charge in [-0.15, -0.1) is 0 Å². The van der Waals surface area contributed by atoms with E-state index >= 15 is 0 Å². The van der Waals surface area contributed by atoms with E-state index in [1.165, 1.54) is 0 Å². The molecule has 0 aliphatic rings. The zero-order valence-corrected chi connectivity index (χ0v) is 10.7. The van der Waals surface area contributed by atoms with Gasteiger partial charge in [0.2, 0.25) is 5.88 Å². The fourth-order valence-electron chi connectivity index (χ4n) is 1.85. The minimum absolute atomic E-state index is 0.243. The topological polar surface area (TPSA) is 34.1 Å². The van der Waals surface area contributed by atoms with Crippen molar-refractivity contribution in [2.24, 2.45) is 0 Å². The number of aromatic nitrogens is 1. The normalized spacial score (nSPS) is 11.2. The van der Waals surface area contributed by atoms with Crippen molar-refractivity contribution in [1.29, 1.82) is 0 Å². The highest BCUT2D eigenvalue weighted by molar-refractivity contribution is 5.82. The van der Waals surface area contributed by atoms with Crippen LogP contribution < -0.4 is 10.1 Å². The maximum Gasteiger partial charge on any atom is 0.272 e. The predicted octanol–water partition coefficient (Wildman–Crippen LogP) is 2.99. The van der Waals surface area contributed by atoms with Crippen LogP contribution in [0, 0.1) is 0 Å². The van der Waals surface area contributed by atoms with Gasteiger partial charge < -0.3 is 10.1 Å². The van der Waals surface area contributed by atoms with Gasteiger partial charge >= 0.3 is 0 Å². The van der Waals surface area contributed by atoms with Gasteiger partial charge in [-0.3, -0.25) is 0 Å². The van der Waals surface area contributed by atoms with Crippen LogP contribution >= 0.6 is 0 Å². The van der Waals surface area contributed by atoms with Gasteiger partial charge in [0.1, 0.15) is 0 Å². The molecule has 0 unspecified atom stereocenters. The maximum absolute atomic E-state index is 12.2. The average molecular weight is 266 g/mol. The van der Waals surface area contributed by atoms with Gasteiger partial charge in [-0.25, -0.2) is 13.8 Å². The first-order valence-corrected chi connectivity index (χ1v) is 6.21. The van der Waals surface area contributed by atoms with Crippen molar-refractivity contribution in [2.45, 2.75) is 19.9 Å². The minimum Gasteiger partial charge on any atom is -0.472 e. The molecular weight excluding hydrogens is 250 g/mol. The molecule has 0 fully saturated rings. The van der Waals surface area contributed by atoms with Crippen molar-refractivity contribution < 1.29 is 13.5 Å². The number of alkyl halides is 2. The molecule has 1 aromatic heterocycles. The SMILES string of the molecule is CCNCc1cc(OCC(F)F)nc2ccccc12. The van der Waals surface area contributed by atoms with Gasteiger partial charge in [0.15, 0.2) is 6.61 Å². The van der Waals surface area contributed by atoms with Crippen molar-refractivity contribution in [3.63, 3.8) is 0 Å². The second-order valence-electron chi connectivity index (χ2n) is 4.12. The maximum atomic E-state index is 12.2. The molecule has 19 heavy (non-hydrogen) atoms. The van der Waals surface area contributed by atoms with Gasteiger partial charge in [-0.2, -0.15) is 0 Å². The summed E-state index contributed by atoms with van der Waals surface area (Å²) < 4.78 is 29.4. The molecule has 0 aliphatic heterocycles. The summed E-state index contributed by atoms with van der Waals surface area (Å²) in [5.74, 6) is 0.243. The molecule has 3 nitrogen and oxygen atoms in total. The highest BCUT2D eigenvalue weighted by Gasteiger charge is 2.08. The number of hydrogen-bond acceptors (Lipinski definition) is 3. The second-order valence-corrected chi connectivity index (χ2v) is 4.12. The van der Waals surface area contributed by atoms with Crippen molar-refractivity contribution in [3.05, 3.63) is 35.9 Å². The number of pyridine rings is 1. The zero-order valence-electron chi connectivity index (χ0n) is 10.7. The van der Waals surface area contributed by atoms with E-state index in [0.717, 1.165) is 23.0 Å². The zero-order chi connectivity index (χ0) is 13.7. The Hall–Kier alpha value is -1.75. The van der Waals surface area contributed by atoms with Crippen molar-refractivity contribution in [1.82, 2.24) is 10.3 Å². The first-order valence-electron chi connectivity index (χ1n) is 6.21. The summed E-state index contributed by atoms with van der Waals surface area (Å²) in [5, 5.41) is 4.22. The third-order valence-electron chi connectivity index (χ3n) is 2.70. The highest BCUT2D eigenvalue weighted by Crippen LogP contribution is 2.22. The van der Waals surface area contributed by atoms with Crippen molar-refractivity contribution in [3.8, 4) is 5.88 Å². The Kier molecular flexibility index (Phi) is 4.63. The van der Waals surface area contributed by atoms with E-state index in [-0.39, 0.29) is 5.88 Å². The van der Waals surface area contributed by atoms with Crippen LogP contribution in [0.25, 0.3) is 10.9 Å². The van der Waals surface area contributed by atoms with Crippen LogP contribution in [-0.4, -0.2) is 24.6 Å². The van der Waals surface area contributed by atoms with Gasteiger partial charge in [0.25, 0.3) is 6.43 Å². The van der Waals surface area contributed by atoms with Crippen LogP contribution in [0.1, 0.15) is 12.5 Å². The Morgan fingerprint density at radius 1 is 1.32 bits per heavy atom. The third-order valence-corrected chi connectivity index (χ3v) is 2.70. The van der Waals surface area contributed by atoms with Gasteiger partial charge in [-0.1, -0.05) is 25.1 Å². The van der Waals surface area contributed by atoms with Crippen LogP contribution in [0.5, 0.6) is 5.88 Å². The molecule has 1 aromatic carbocycles. The van der Waals surface area contributed by atoms with Crippen LogP contribution in [0.15, 0.2) is 30.3 Å². The summed E-state index contributed by atoms with van der Waals surface area (Å²) in [6.45, 7) is 2.87. The average Bonchev–Trinajstić information content (AvgIpc) is 2.42. The van der Waals surface area contributed by atoms with E-state index in [4.69, 9.17) is 4.74 Å². The Bertz CT molecular complexity index is 546. The van der Waals surface area contributed by atoms with Gasteiger partial charge in [0, 0.05) is 18.0 Å². The van der Waals surface area contributed by atoms with Gasteiger partial charge in [0.05, 0.1) is 5.52 Å². The first kappa shape index (κ1) is 13.7. The standard InChI is InChI=1S/C14H16F2N2O/c1-2-17-8-10-7-14(19-9-13(15)16)18-12-6-4-3-5-11(10)12/h3-7,13,17H,2,8-9H2,1H3. The molecule has 0 saturated carbocycles. The summed E-state index contributed by atoms with van der Waals surface area (Å²) in [4.78, 5) is 4.23. The lowest BCUT2D eigenvalue weighted by Crippen LogP contribution is -2.13. The Morgan fingerprint density at radius 2 is 2.11 bits per heavy atom. The van der Waals surface area contributed by atoms with E-state index in [2.05, 4.69) is 10.3 Å². The largest absolute Gasteiger partial charge is 0.472 e. The van der Waals surface area contributed by atoms with Crippen LogP contribution in [0.2, 0.25) is 0 Å². The molecule has 0 aliphatic carbocycles. The lowest BCUT2D eigenvalue weighted by atomic mass is 10.1. The van der Waals surface area contributed by atoms with Crippen LogP contribution in [0.3, 0.4) is 0 Å². The monoisotopic (exact) mass is 266 g/mol. The number of halogens is 2. The van der Waals surface area contributed by atoms with Crippen LogP contribution in [-0.2, 0) is 6.54 Å². The molecule has 0 spiro atoms. The summed E-state index contributed by atoms with van der Waals surface area (Å²) in [5.41, 5.74) is 1.75. The number of nitrogens with one attached hydrogen (secondary N) is 1. The third kappa shape index (κ3) is 3.61. The van der Waals surface area contributed by atoms with Crippen LogP contribution in [0.4, 0.5) is 8.78 Å². The number of fused-ring (bicyclic) bond motifs is 1. The molecular formula is C14H16F2N2O. The lowest BCUT2D eigenvalue weighted by molar-refractivity contribution is 0.0797. The minimum atomic E-state index is -2.49. The van der Waals surface area contributed by atoms with E-state index in [1.807, 2.05) is 31.2 Å². The number of rotatable bonds is 6. The molecule has 102 valence electrons. The number of para-hydroxylation sites is 1. The van der Waals surface area contributed by atoms with E-state index < -0.39 is 13.0 Å². The predicted molar refractivity (Wildman–Crippen MR) is 70.6 cm³/mol. The fourth-order valence-corrected chi connectivity index (χ4v) is 1.85. The molecule has 2 aromatic rings. The molecule has 1 heterocycles. The summed E-state index contributed by atoms with van der Waals surface area (Å²) in [7, 11) is 0. The molecule has 2 rings (SSSR count). The second kappa shape index (κ2) is 6.43. The highest BCUT2D eigenvalue weighted by atomic mass is 19.3. The number of nitrogens with zero attached hydrogens (tertiary/aromatic N) is 1. The number of benzene rings is 1. The van der Waals surface area contributed by atoms with Crippen molar-refractivity contribution in [2.75, 3.05) is 13.2 Å². The van der Waals surface area contributed by atoms with E-state index in [0.29, 0.717) is 6.54 Å². The number of hydrogen-bond donors (Lipinski definition) is 1. The summed E-state index contributed by atoms with van der Waals surface area (Å²) in [6.07, 6.45) is -2.49. The molecule has 1 N–H and O–H groups in total. The fraction of sp³-hybridized carbons (Fsp3) is 0.357. The summed E-state index contributed by atoms with van der Waals surface area (Å²) >= 11 is 0. The number of ether oxygens (including phenoxy) is 1. The smallest absolute Gasteiger partial charge is 0.272 e. The Labute approximate surface area is 110 Å². The molecule has 5 heteroatoms. The molecule has 0 radical (unpaired) electrons. The molecule has 0 amide bonds. The molecule has 0 bridgehead atoms. The van der Waals surface area contributed by atoms with E-state index in [1.54, 1.807) is 6.07 Å². The van der Waals surface area contributed by atoms with Crippen molar-refractivity contribution >= 4 is 10.9 Å². The Balaban J connectivity index is 2.32. The van der Waals surface area contributed by atoms with Gasteiger partial charge in [-0.05, 0) is 18.2 Å². The van der Waals surface area contributed by atoms with E-state index in [9.17, 15) is 8.78 Å². The quantitative estimate of drug-likeness (QED) is 0.872. The first-order chi connectivity index (χ1) is 9.20.